The lowest BCUT2D eigenvalue weighted by molar-refractivity contribution is 0.370. The maximum atomic E-state index is 10.7. The van der Waals surface area contributed by atoms with Crippen LogP contribution in [0.25, 0.3) is 0 Å². The molecule has 3 nitrogen and oxygen atoms in total. The van der Waals surface area contributed by atoms with Gasteiger partial charge in [-0.25, -0.2) is 0 Å². The lowest BCUT2D eigenvalue weighted by Crippen LogP contribution is -2.40. The highest BCUT2D eigenvalue weighted by molar-refractivity contribution is 7.99. The van der Waals surface area contributed by atoms with Gasteiger partial charge in [-0.15, -0.1) is 4.91 Å². The summed E-state index contributed by atoms with van der Waals surface area (Å²) in [6, 6.07) is 15.1. The summed E-state index contributed by atoms with van der Waals surface area (Å²) in [5.74, 6) is 0. The summed E-state index contributed by atoms with van der Waals surface area (Å²) in [5.41, 5.74) is 10.2. The Labute approximate surface area is 214 Å². The Hall–Kier alpha value is -1.71. The van der Waals surface area contributed by atoms with Crippen molar-refractivity contribution in [3.8, 4) is 0 Å². The van der Waals surface area contributed by atoms with Crippen molar-refractivity contribution < 1.29 is 0 Å². The molecule has 0 aromatic heterocycles. The summed E-state index contributed by atoms with van der Waals surface area (Å²) < 4.78 is 0. The van der Waals surface area contributed by atoms with Crippen LogP contribution in [-0.2, 0) is 12.8 Å². The monoisotopic (exact) mass is 513 g/mol. The zero-order valence-corrected chi connectivity index (χ0v) is 22.5. The van der Waals surface area contributed by atoms with Gasteiger partial charge in [0.15, 0.2) is 4.95 Å². The normalized spacial score (nSPS) is 15.5. The van der Waals surface area contributed by atoms with Gasteiger partial charge in [-0.1, -0.05) is 72.3 Å². The largest absolute Gasteiger partial charge is 0.325 e. The number of hydrogen-bond donors (Lipinski definition) is 1. The molecule has 0 amide bonds. The standard InChI is InChI=1S/C28H35ClN2OPS/c1-3-28(30,18-19-33(2)31-32)17-16-24-14-15-26(21-27(24)29)34-25-11-7-10-23(20-25)13-12-22-8-5-4-6-9-22/h5,7-11,14-15,20-21H,2-4,6,12-13,16-19,30H2,1H3/q+1/t28-/m0/s1. The van der Waals surface area contributed by atoms with Crippen molar-refractivity contribution in [2.75, 3.05) is 6.16 Å². The number of nitrogens with zero attached hydrogens (tertiary/aromatic N) is 1. The summed E-state index contributed by atoms with van der Waals surface area (Å²) in [6.45, 7) is 2.10. The van der Waals surface area contributed by atoms with Crippen molar-refractivity contribution in [3.05, 3.63) is 87.3 Å². The summed E-state index contributed by atoms with van der Waals surface area (Å²) in [4.78, 5) is 16.1. The maximum Gasteiger partial charge on any atom is 0.277 e. The molecule has 0 fully saturated rings. The van der Waals surface area contributed by atoms with Gasteiger partial charge >= 0.3 is 0 Å². The fourth-order valence-corrected chi connectivity index (χ4v) is 6.16. The van der Waals surface area contributed by atoms with Crippen LogP contribution in [0.1, 0.15) is 56.6 Å². The van der Waals surface area contributed by atoms with Gasteiger partial charge in [0.25, 0.3) is 7.70 Å². The Kier molecular flexibility index (Phi) is 10.6. The minimum Gasteiger partial charge on any atom is -0.325 e. The zero-order chi connectivity index (χ0) is 24.4. The average Bonchev–Trinajstić information content (AvgIpc) is 2.86. The van der Waals surface area contributed by atoms with E-state index in [1.807, 2.05) is 0 Å². The predicted octanol–water partition coefficient (Wildman–Crippen LogP) is 8.73. The van der Waals surface area contributed by atoms with Crippen molar-refractivity contribution in [2.24, 2.45) is 10.7 Å². The Morgan fingerprint density at radius 1 is 1.12 bits per heavy atom. The first-order valence-corrected chi connectivity index (χ1v) is 14.9. The summed E-state index contributed by atoms with van der Waals surface area (Å²) in [5, 5.41) is 0.782. The van der Waals surface area contributed by atoms with Gasteiger partial charge in [0.2, 0.25) is 0 Å². The third kappa shape index (κ3) is 8.50. The van der Waals surface area contributed by atoms with E-state index in [4.69, 9.17) is 17.3 Å². The van der Waals surface area contributed by atoms with Gasteiger partial charge < -0.3 is 5.73 Å². The van der Waals surface area contributed by atoms with Gasteiger partial charge in [0.05, 0.1) is 0 Å². The maximum absolute atomic E-state index is 10.7. The second kappa shape index (κ2) is 13.4. The molecule has 1 unspecified atom stereocenters. The highest BCUT2D eigenvalue weighted by atomic mass is 35.5. The number of benzene rings is 2. The molecule has 2 aromatic rings. The first-order chi connectivity index (χ1) is 16.4. The van der Waals surface area contributed by atoms with Crippen LogP contribution in [0.3, 0.4) is 0 Å². The van der Waals surface area contributed by atoms with Gasteiger partial charge in [-0.2, -0.15) is 0 Å². The number of hydrogen-bond acceptors (Lipinski definition) is 4. The number of nitroso groups, excluding NO2 is 1. The molecule has 0 heterocycles. The van der Waals surface area contributed by atoms with Crippen molar-refractivity contribution in [2.45, 2.75) is 73.6 Å². The molecule has 0 saturated heterocycles. The van der Waals surface area contributed by atoms with E-state index in [9.17, 15) is 4.91 Å². The van der Waals surface area contributed by atoms with Crippen LogP contribution < -0.4 is 5.73 Å². The minimum atomic E-state index is -1.05. The predicted molar refractivity (Wildman–Crippen MR) is 152 cm³/mol. The fraction of sp³-hybridized carbons (Fsp3) is 0.393. The molecule has 0 saturated carbocycles. The van der Waals surface area contributed by atoms with Crippen LogP contribution in [0.4, 0.5) is 0 Å². The van der Waals surface area contributed by atoms with E-state index in [0.717, 1.165) is 60.4 Å². The Balaban J connectivity index is 1.57. The van der Waals surface area contributed by atoms with Gasteiger partial charge in [-0.3, -0.25) is 0 Å². The van der Waals surface area contributed by atoms with Crippen LogP contribution in [0, 0.1) is 4.91 Å². The molecule has 1 aliphatic carbocycles. The second-order valence-corrected chi connectivity index (χ2v) is 12.2. The van der Waals surface area contributed by atoms with Crippen molar-refractivity contribution in [3.63, 3.8) is 0 Å². The lowest BCUT2D eigenvalue weighted by Gasteiger charge is -2.27. The molecule has 180 valence electrons. The Morgan fingerprint density at radius 3 is 2.65 bits per heavy atom. The number of halogens is 1. The SMILES string of the molecule is C=[P+](CC[C@](N)(CC)CCc1ccc(Sc2cccc(CCC3=CCCC=C3)c2)cc1Cl)N=O. The number of rotatable bonds is 13. The van der Waals surface area contributed by atoms with E-state index >= 15 is 0 Å². The molecule has 2 N–H and O–H groups in total. The van der Waals surface area contributed by atoms with Crippen molar-refractivity contribution in [1.82, 2.24) is 0 Å². The molecule has 0 spiro atoms. The van der Waals surface area contributed by atoms with E-state index in [1.54, 1.807) is 11.8 Å². The number of nitrogens with two attached hydrogens (primary N) is 1. The molecule has 34 heavy (non-hydrogen) atoms. The number of aryl methyl sites for hydroxylation is 2. The van der Waals surface area contributed by atoms with E-state index in [1.165, 1.54) is 22.5 Å². The average molecular weight is 514 g/mol. The van der Waals surface area contributed by atoms with Crippen molar-refractivity contribution in [1.29, 1.82) is 0 Å². The van der Waals surface area contributed by atoms with E-state index in [0.29, 0.717) is 6.16 Å². The molecule has 6 heteroatoms. The molecule has 0 radical (unpaired) electrons. The van der Waals surface area contributed by atoms with E-state index < -0.39 is 7.70 Å². The van der Waals surface area contributed by atoms with Crippen LogP contribution in [0.5, 0.6) is 0 Å². The Bertz CT molecular complexity index is 1070. The fourth-order valence-electron chi connectivity index (χ4n) is 4.09. The zero-order valence-electron chi connectivity index (χ0n) is 20.0. The minimum absolute atomic E-state index is 0.316. The first-order valence-electron chi connectivity index (χ1n) is 12.0. The van der Waals surface area contributed by atoms with Crippen molar-refractivity contribution >= 4 is 37.4 Å². The third-order valence-corrected chi connectivity index (χ3v) is 8.81. The molecular formula is C28H35ClN2OPS+. The van der Waals surface area contributed by atoms with Crippen LogP contribution in [-0.4, -0.2) is 18.0 Å². The van der Waals surface area contributed by atoms with Crippen LogP contribution in [0.15, 0.2) is 81.0 Å². The van der Waals surface area contributed by atoms with E-state index in [2.05, 4.69) is 78.9 Å². The lowest BCUT2D eigenvalue weighted by atomic mass is 9.87. The second-order valence-electron chi connectivity index (χ2n) is 9.04. The summed E-state index contributed by atoms with van der Waals surface area (Å²) in [7, 11) is -1.05. The highest BCUT2D eigenvalue weighted by Gasteiger charge is 2.26. The topological polar surface area (TPSA) is 55.4 Å². The molecule has 2 atom stereocenters. The molecule has 1 aliphatic rings. The molecule has 0 aliphatic heterocycles. The van der Waals surface area contributed by atoms with Gasteiger partial charge in [0, 0.05) is 26.8 Å². The molecule has 3 rings (SSSR count). The molecule has 2 aromatic carbocycles. The molecular weight excluding hydrogens is 479 g/mol. The van der Waals surface area contributed by atoms with Crippen LogP contribution >= 0.6 is 31.1 Å². The Morgan fingerprint density at radius 2 is 1.94 bits per heavy atom. The van der Waals surface area contributed by atoms with Gasteiger partial charge in [-0.05, 0) is 80.3 Å². The van der Waals surface area contributed by atoms with Crippen LogP contribution in [0.2, 0.25) is 5.02 Å². The third-order valence-electron chi connectivity index (χ3n) is 6.51. The summed E-state index contributed by atoms with van der Waals surface area (Å²) in [6.07, 6.45) is 19.1. The first kappa shape index (κ1) is 26.9. The number of allylic oxidation sites excluding steroid dienone is 4. The summed E-state index contributed by atoms with van der Waals surface area (Å²) >= 11 is 8.40. The quantitative estimate of drug-likeness (QED) is 0.215. The molecule has 0 bridgehead atoms. The van der Waals surface area contributed by atoms with Gasteiger partial charge in [0.1, 0.15) is 12.5 Å². The highest BCUT2D eigenvalue weighted by Crippen LogP contribution is 2.33. The van der Waals surface area contributed by atoms with E-state index in [-0.39, 0.29) is 5.54 Å². The smallest absolute Gasteiger partial charge is 0.277 e.